The summed E-state index contributed by atoms with van der Waals surface area (Å²) in [5, 5.41) is 8.49. The van der Waals surface area contributed by atoms with Crippen LogP contribution in [0.2, 0.25) is 0 Å². The van der Waals surface area contributed by atoms with Crippen molar-refractivity contribution in [1.82, 2.24) is 20.0 Å². The third-order valence-corrected chi connectivity index (χ3v) is 3.66. The molecule has 0 saturated heterocycles. The van der Waals surface area contributed by atoms with Crippen LogP contribution in [0.3, 0.4) is 0 Å². The van der Waals surface area contributed by atoms with Crippen LogP contribution in [-0.2, 0) is 0 Å². The smallest absolute Gasteiger partial charge is 0.184 e. The summed E-state index contributed by atoms with van der Waals surface area (Å²) >= 11 is 0. The van der Waals surface area contributed by atoms with Gasteiger partial charge < -0.3 is 0 Å². The number of aromatic nitrogens is 4. The van der Waals surface area contributed by atoms with Crippen molar-refractivity contribution in [3.05, 3.63) is 72.3 Å². The molecule has 22 heavy (non-hydrogen) atoms. The quantitative estimate of drug-likeness (QED) is 0.563. The van der Waals surface area contributed by atoms with Gasteiger partial charge in [-0.15, -0.1) is 5.10 Å². The van der Waals surface area contributed by atoms with Gasteiger partial charge in [0.05, 0.1) is 11.4 Å². The molecule has 0 aliphatic rings. The monoisotopic (exact) mass is 286 g/mol. The fourth-order valence-corrected chi connectivity index (χ4v) is 2.59. The second-order valence-corrected chi connectivity index (χ2v) is 5.20. The molecule has 2 aromatic heterocycles. The van der Waals surface area contributed by atoms with Crippen LogP contribution >= 0.6 is 0 Å². The normalized spacial score (nSPS) is 11.0. The third-order valence-electron chi connectivity index (χ3n) is 3.66. The number of para-hydroxylation sites is 1. The second-order valence-electron chi connectivity index (χ2n) is 5.20. The Morgan fingerprint density at radius 3 is 2.27 bits per heavy atom. The van der Waals surface area contributed by atoms with E-state index in [0.717, 1.165) is 33.7 Å². The van der Waals surface area contributed by atoms with Crippen LogP contribution in [0.15, 0.2) is 66.7 Å². The van der Waals surface area contributed by atoms with E-state index in [1.807, 2.05) is 54.6 Å². The first-order valence-corrected chi connectivity index (χ1v) is 7.17. The molecule has 4 rings (SSSR count). The molecule has 0 amide bonds. The average Bonchev–Trinajstić information content (AvgIpc) is 2.98. The summed E-state index contributed by atoms with van der Waals surface area (Å²) in [6.45, 7) is 2.05. The van der Waals surface area contributed by atoms with Crippen LogP contribution in [0, 0.1) is 6.92 Å². The molecule has 0 saturated carbocycles. The first-order valence-electron chi connectivity index (χ1n) is 7.17. The fraction of sp³-hybridized carbons (Fsp3) is 0.0556. The molecule has 0 unspecified atom stereocenters. The number of fused-ring (bicyclic) bond motifs is 1. The van der Waals surface area contributed by atoms with Gasteiger partial charge >= 0.3 is 0 Å². The number of hydrogen-bond donors (Lipinski definition) is 0. The Labute approximate surface area is 128 Å². The number of rotatable bonds is 2. The molecule has 0 aliphatic carbocycles. The molecule has 4 aromatic rings. The molecule has 0 N–H and O–H groups in total. The highest BCUT2D eigenvalue weighted by atomic mass is 15.4. The first kappa shape index (κ1) is 12.7. The lowest BCUT2D eigenvalue weighted by atomic mass is 10.1. The first-order chi connectivity index (χ1) is 10.8. The molecule has 0 radical (unpaired) electrons. The maximum Gasteiger partial charge on any atom is 0.184 e. The minimum atomic E-state index is 0.774. The summed E-state index contributed by atoms with van der Waals surface area (Å²) in [5.74, 6) is 0. The standard InChI is InChI=1S/C18H14N4/c1-13-12-16-18(19-17(13)14-8-4-2-5-9-14)22(21-20-16)15-10-6-3-7-11-15/h2-12H,1H3. The summed E-state index contributed by atoms with van der Waals surface area (Å²) in [4.78, 5) is 4.82. The number of aryl methyl sites for hydroxylation is 1. The van der Waals surface area contributed by atoms with Crippen LogP contribution in [0.1, 0.15) is 5.56 Å². The van der Waals surface area contributed by atoms with Crippen LogP contribution in [0.25, 0.3) is 28.1 Å². The summed E-state index contributed by atoms with van der Waals surface area (Å²) in [6, 6.07) is 22.2. The largest absolute Gasteiger partial charge is 0.226 e. The summed E-state index contributed by atoms with van der Waals surface area (Å²) < 4.78 is 1.78. The van der Waals surface area contributed by atoms with E-state index in [0.29, 0.717) is 0 Å². The second kappa shape index (κ2) is 5.07. The lowest BCUT2D eigenvalue weighted by Gasteiger charge is -2.06. The summed E-state index contributed by atoms with van der Waals surface area (Å²) in [6.07, 6.45) is 0. The van der Waals surface area contributed by atoms with E-state index in [2.05, 4.69) is 29.4 Å². The molecule has 4 heteroatoms. The Bertz CT molecular complexity index is 927. The lowest BCUT2D eigenvalue weighted by Crippen LogP contribution is -1.99. The zero-order chi connectivity index (χ0) is 14.9. The SMILES string of the molecule is Cc1cc2nnn(-c3ccccc3)c2nc1-c1ccccc1. The molecule has 2 aromatic carbocycles. The van der Waals surface area contributed by atoms with Crippen molar-refractivity contribution in [2.75, 3.05) is 0 Å². The molecular weight excluding hydrogens is 272 g/mol. The predicted molar refractivity (Wildman–Crippen MR) is 86.8 cm³/mol. The van der Waals surface area contributed by atoms with Gasteiger partial charge in [-0.2, -0.15) is 4.68 Å². The van der Waals surface area contributed by atoms with Crippen molar-refractivity contribution in [3.8, 4) is 16.9 Å². The summed E-state index contributed by atoms with van der Waals surface area (Å²) in [7, 11) is 0. The predicted octanol–water partition coefficient (Wildman–Crippen LogP) is 3.79. The Morgan fingerprint density at radius 2 is 1.55 bits per heavy atom. The number of pyridine rings is 1. The maximum absolute atomic E-state index is 4.82. The summed E-state index contributed by atoms with van der Waals surface area (Å²) in [5.41, 5.74) is 5.70. The molecule has 0 atom stereocenters. The van der Waals surface area contributed by atoms with Crippen molar-refractivity contribution in [2.45, 2.75) is 6.92 Å². The van der Waals surface area contributed by atoms with E-state index < -0.39 is 0 Å². The topological polar surface area (TPSA) is 43.6 Å². The fourth-order valence-electron chi connectivity index (χ4n) is 2.59. The van der Waals surface area contributed by atoms with Gasteiger partial charge in [-0.3, -0.25) is 0 Å². The van der Waals surface area contributed by atoms with Gasteiger partial charge in [0.25, 0.3) is 0 Å². The molecule has 4 nitrogen and oxygen atoms in total. The van der Waals surface area contributed by atoms with Crippen LogP contribution in [0.5, 0.6) is 0 Å². The van der Waals surface area contributed by atoms with E-state index in [1.165, 1.54) is 0 Å². The van der Waals surface area contributed by atoms with E-state index in [-0.39, 0.29) is 0 Å². The average molecular weight is 286 g/mol. The molecule has 106 valence electrons. The van der Waals surface area contributed by atoms with Crippen molar-refractivity contribution in [2.24, 2.45) is 0 Å². The number of hydrogen-bond acceptors (Lipinski definition) is 3. The molecule has 0 aliphatic heterocycles. The lowest BCUT2D eigenvalue weighted by molar-refractivity contribution is 0.817. The van der Waals surface area contributed by atoms with Crippen LogP contribution < -0.4 is 0 Å². The minimum absolute atomic E-state index is 0.774. The highest BCUT2D eigenvalue weighted by Crippen LogP contribution is 2.25. The van der Waals surface area contributed by atoms with Gasteiger partial charge in [0, 0.05) is 5.56 Å². The van der Waals surface area contributed by atoms with E-state index in [9.17, 15) is 0 Å². The maximum atomic E-state index is 4.82. The highest BCUT2D eigenvalue weighted by molar-refractivity contribution is 5.78. The van der Waals surface area contributed by atoms with Crippen molar-refractivity contribution in [3.63, 3.8) is 0 Å². The van der Waals surface area contributed by atoms with Crippen molar-refractivity contribution in [1.29, 1.82) is 0 Å². The van der Waals surface area contributed by atoms with Gasteiger partial charge in [-0.05, 0) is 30.7 Å². The Morgan fingerprint density at radius 1 is 0.864 bits per heavy atom. The highest BCUT2D eigenvalue weighted by Gasteiger charge is 2.12. The number of benzene rings is 2. The van der Waals surface area contributed by atoms with E-state index in [4.69, 9.17) is 4.98 Å². The minimum Gasteiger partial charge on any atom is -0.226 e. The van der Waals surface area contributed by atoms with E-state index >= 15 is 0 Å². The van der Waals surface area contributed by atoms with Gasteiger partial charge in [-0.25, -0.2) is 4.98 Å². The number of nitrogens with zero attached hydrogens (tertiary/aromatic N) is 4. The van der Waals surface area contributed by atoms with Gasteiger partial charge in [-0.1, -0.05) is 53.7 Å². The molecule has 0 spiro atoms. The Balaban J connectivity index is 1.96. The van der Waals surface area contributed by atoms with Gasteiger partial charge in [0.2, 0.25) is 0 Å². The van der Waals surface area contributed by atoms with Crippen molar-refractivity contribution < 1.29 is 0 Å². The zero-order valence-electron chi connectivity index (χ0n) is 12.1. The van der Waals surface area contributed by atoms with Crippen molar-refractivity contribution >= 4 is 11.2 Å². The van der Waals surface area contributed by atoms with Gasteiger partial charge in [0.1, 0.15) is 5.52 Å². The molecule has 2 heterocycles. The van der Waals surface area contributed by atoms with Gasteiger partial charge in [0.15, 0.2) is 5.65 Å². The third kappa shape index (κ3) is 2.05. The van der Waals surface area contributed by atoms with Crippen LogP contribution in [-0.4, -0.2) is 20.0 Å². The Hall–Kier alpha value is -3.01. The molecular formula is C18H14N4. The van der Waals surface area contributed by atoms with Crippen LogP contribution in [0.4, 0.5) is 0 Å². The zero-order valence-corrected chi connectivity index (χ0v) is 12.1. The Kier molecular flexibility index (Phi) is 2.93. The molecule has 0 bridgehead atoms. The van der Waals surface area contributed by atoms with E-state index in [1.54, 1.807) is 4.68 Å². The molecule has 0 fully saturated rings.